The highest BCUT2D eigenvalue weighted by atomic mass is 16.7. The van der Waals surface area contributed by atoms with E-state index in [4.69, 9.17) is 14.2 Å². The van der Waals surface area contributed by atoms with E-state index >= 15 is 0 Å². The van der Waals surface area contributed by atoms with Crippen LogP contribution >= 0.6 is 0 Å². The molecule has 0 radical (unpaired) electrons. The number of nitrogens with zero attached hydrogens (tertiary/aromatic N) is 1. The van der Waals surface area contributed by atoms with Gasteiger partial charge in [0, 0.05) is 5.56 Å². The van der Waals surface area contributed by atoms with Crippen molar-refractivity contribution in [2.24, 2.45) is 0 Å². The Morgan fingerprint density at radius 2 is 1.02 bits per heavy atom. The van der Waals surface area contributed by atoms with Crippen LogP contribution in [-0.4, -0.2) is 50.0 Å². The molecule has 0 aliphatic carbocycles. The smallest absolute Gasteiger partial charge is 0.493 e. The molecule has 1 aromatic rings. The first-order valence-corrected chi connectivity index (χ1v) is 22.9. The molecule has 0 aromatic heterocycles. The fourth-order valence-corrected chi connectivity index (χ4v) is 6.75. The third-order valence-electron chi connectivity index (χ3n) is 10.2. The van der Waals surface area contributed by atoms with Gasteiger partial charge in [-0.2, -0.15) is 0 Å². The Morgan fingerprint density at radius 1 is 0.589 bits per heavy atom. The molecular weight excluding hydrogens is 695 g/mol. The van der Waals surface area contributed by atoms with Gasteiger partial charge in [0.1, 0.15) is 17.6 Å². The van der Waals surface area contributed by atoms with Crippen molar-refractivity contribution in [3.63, 3.8) is 0 Å². The van der Waals surface area contributed by atoms with Crippen LogP contribution in [-0.2, 0) is 4.74 Å². The molecule has 0 aliphatic rings. The van der Waals surface area contributed by atoms with Gasteiger partial charge in [0.2, 0.25) is 0 Å². The summed E-state index contributed by atoms with van der Waals surface area (Å²) in [6.07, 6.45) is 47.0. The maximum Gasteiger partial charge on any atom is 0.506 e. The normalized spacial score (nSPS) is 12.6. The van der Waals surface area contributed by atoms with Crippen molar-refractivity contribution in [1.82, 2.24) is 4.90 Å². The van der Waals surface area contributed by atoms with E-state index in [0.29, 0.717) is 25.4 Å². The van der Waals surface area contributed by atoms with Crippen LogP contribution in [0, 0.1) is 6.92 Å². The number of unbranched alkanes of at least 4 members (excludes halogenated alkanes) is 18. The van der Waals surface area contributed by atoms with Gasteiger partial charge in [-0.25, -0.2) is 4.79 Å². The van der Waals surface area contributed by atoms with Gasteiger partial charge in [-0.3, -0.25) is 0 Å². The lowest BCUT2D eigenvalue weighted by Crippen LogP contribution is -2.17. The van der Waals surface area contributed by atoms with Gasteiger partial charge >= 0.3 is 6.16 Å². The fourth-order valence-electron chi connectivity index (χ4n) is 6.75. The zero-order chi connectivity index (χ0) is 40.7. The molecule has 56 heavy (non-hydrogen) atoms. The van der Waals surface area contributed by atoms with Gasteiger partial charge in [-0.1, -0.05) is 140 Å². The van der Waals surface area contributed by atoms with E-state index < -0.39 is 12.3 Å². The Labute approximate surface area is 345 Å². The molecule has 6 nitrogen and oxygen atoms in total. The number of aryl methyl sites for hydroxylation is 1. The second-order valence-electron chi connectivity index (χ2n) is 15.8. The van der Waals surface area contributed by atoms with Crippen molar-refractivity contribution in [2.75, 3.05) is 33.9 Å². The van der Waals surface area contributed by atoms with Crippen LogP contribution in [0.1, 0.15) is 198 Å². The van der Waals surface area contributed by atoms with Crippen LogP contribution in [0.4, 0.5) is 4.79 Å². The molecule has 1 N–H and O–H groups in total. The predicted octanol–water partition coefficient (Wildman–Crippen LogP) is 15.5. The van der Waals surface area contributed by atoms with E-state index in [1.807, 2.05) is 33.2 Å². The molecule has 1 unspecified atom stereocenters. The number of hydrogen-bond donors (Lipinski definition) is 1. The molecule has 1 aromatic carbocycles. The molecule has 0 aliphatic heterocycles. The minimum absolute atomic E-state index is 0.584. The van der Waals surface area contributed by atoms with Crippen LogP contribution in [0.2, 0.25) is 0 Å². The second-order valence-corrected chi connectivity index (χ2v) is 15.8. The van der Waals surface area contributed by atoms with E-state index in [1.165, 1.54) is 116 Å². The van der Waals surface area contributed by atoms with Gasteiger partial charge in [0.25, 0.3) is 0 Å². The van der Waals surface area contributed by atoms with E-state index in [2.05, 4.69) is 67.4 Å². The number of hydrogen-bond acceptors (Lipinski definition) is 5. The van der Waals surface area contributed by atoms with E-state index in [-0.39, 0.29) is 0 Å². The monoisotopic (exact) mass is 780 g/mol. The van der Waals surface area contributed by atoms with E-state index in [0.717, 1.165) is 68.4 Å². The summed E-state index contributed by atoms with van der Waals surface area (Å²) in [7, 11) is 4.06. The molecule has 0 saturated carbocycles. The number of carboxylic acid groups (broad SMARTS) is 1. The Morgan fingerprint density at radius 3 is 1.46 bits per heavy atom. The Bertz CT molecular complexity index is 1190. The molecule has 1 atom stereocenters. The largest absolute Gasteiger partial charge is 0.506 e. The molecule has 0 heterocycles. The van der Waals surface area contributed by atoms with Crippen molar-refractivity contribution in [1.29, 1.82) is 0 Å². The first-order chi connectivity index (χ1) is 27.4. The summed E-state index contributed by atoms with van der Waals surface area (Å²) in [6.45, 7) is 8.65. The van der Waals surface area contributed by atoms with Crippen LogP contribution in [0.25, 0.3) is 0 Å². The highest BCUT2D eigenvalue weighted by Crippen LogP contribution is 2.37. The standard InChI is InChI=1S/C50H85NO5/c1-6-8-10-12-14-16-18-20-22-24-26-28-30-32-34-36-41-54-48-44-46(47(56-50(52)53)39-38-40-51(4)5)49(43-45(48)3)55-42-37-35-33-31-29-27-25-23-21-19-17-15-13-11-9-7-2/h14-17,20-23,43-44,47H,6-13,18-19,24-42H2,1-5H3,(H,52,53)/b16-14-,17-15-,22-20-,23-21-. The lowest BCUT2D eigenvalue weighted by molar-refractivity contribution is 0.0445. The molecule has 1 rings (SSSR count). The summed E-state index contributed by atoms with van der Waals surface area (Å²) in [5, 5.41) is 9.65. The molecule has 320 valence electrons. The van der Waals surface area contributed by atoms with Gasteiger partial charge in [-0.05, 0) is 135 Å². The number of ether oxygens (including phenoxy) is 3. The highest BCUT2D eigenvalue weighted by Gasteiger charge is 2.23. The number of rotatable bonds is 38. The molecule has 0 fully saturated rings. The van der Waals surface area contributed by atoms with Crippen molar-refractivity contribution in [2.45, 2.75) is 194 Å². The van der Waals surface area contributed by atoms with Crippen LogP contribution in [0.5, 0.6) is 11.5 Å². The van der Waals surface area contributed by atoms with Gasteiger partial charge in [0.05, 0.1) is 13.2 Å². The predicted molar refractivity (Wildman–Crippen MR) is 241 cm³/mol. The average Bonchev–Trinajstić information content (AvgIpc) is 3.17. The molecular formula is C50H85NO5. The zero-order valence-corrected chi connectivity index (χ0v) is 36.9. The number of benzene rings is 1. The van der Waals surface area contributed by atoms with Crippen molar-refractivity contribution >= 4 is 6.16 Å². The van der Waals surface area contributed by atoms with Gasteiger partial charge in [-0.15, -0.1) is 0 Å². The summed E-state index contributed by atoms with van der Waals surface area (Å²) in [5.41, 5.74) is 1.77. The Hall–Kier alpha value is -2.99. The molecule has 6 heteroatoms. The zero-order valence-electron chi connectivity index (χ0n) is 36.9. The molecule has 0 amide bonds. The summed E-state index contributed by atoms with van der Waals surface area (Å²) in [5.74, 6) is 1.50. The summed E-state index contributed by atoms with van der Waals surface area (Å²) in [4.78, 5) is 13.9. The highest BCUT2D eigenvalue weighted by molar-refractivity contribution is 5.58. The minimum Gasteiger partial charge on any atom is -0.493 e. The van der Waals surface area contributed by atoms with Gasteiger partial charge in [0.15, 0.2) is 0 Å². The Kier molecular flexibility index (Phi) is 34.2. The summed E-state index contributed by atoms with van der Waals surface area (Å²) in [6, 6.07) is 3.99. The quantitative estimate of drug-likeness (QED) is 0.0409. The number of carbonyl (C=O) groups is 1. The van der Waals surface area contributed by atoms with Crippen LogP contribution in [0.15, 0.2) is 60.7 Å². The molecule has 0 bridgehead atoms. The van der Waals surface area contributed by atoms with Crippen molar-refractivity contribution < 1.29 is 24.1 Å². The number of allylic oxidation sites excluding steroid dienone is 8. The van der Waals surface area contributed by atoms with Crippen molar-refractivity contribution in [3.8, 4) is 11.5 Å². The first-order valence-electron chi connectivity index (χ1n) is 22.9. The third-order valence-corrected chi connectivity index (χ3v) is 10.2. The van der Waals surface area contributed by atoms with Crippen LogP contribution < -0.4 is 9.47 Å². The Balaban J connectivity index is 2.51. The van der Waals surface area contributed by atoms with E-state index in [1.54, 1.807) is 0 Å². The van der Waals surface area contributed by atoms with Crippen molar-refractivity contribution in [3.05, 3.63) is 71.9 Å². The topological polar surface area (TPSA) is 68.2 Å². The van der Waals surface area contributed by atoms with Crippen LogP contribution in [0.3, 0.4) is 0 Å². The SMILES string of the molecule is CCCCC/C=C\C/C=C\CCCCCCCCOc1cc(C(CCCN(C)C)OC(=O)O)c(OCCCCCCCC/C=C\C/C=C\CCCCC)cc1C. The maximum absolute atomic E-state index is 11.8. The lowest BCUT2D eigenvalue weighted by Gasteiger charge is -2.23. The molecule has 0 spiro atoms. The summed E-state index contributed by atoms with van der Waals surface area (Å²) < 4.78 is 18.1. The second kappa shape index (κ2) is 37.6. The molecule has 0 saturated heterocycles. The average molecular weight is 780 g/mol. The third kappa shape index (κ3) is 30.2. The fraction of sp³-hybridized carbons (Fsp3) is 0.700. The van der Waals surface area contributed by atoms with E-state index in [9.17, 15) is 9.90 Å². The van der Waals surface area contributed by atoms with Gasteiger partial charge < -0.3 is 24.2 Å². The maximum atomic E-state index is 11.8. The summed E-state index contributed by atoms with van der Waals surface area (Å²) >= 11 is 0. The first kappa shape index (κ1) is 51.0. The minimum atomic E-state index is -1.26. The lowest BCUT2D eigenvalue weighted by atomic mass is 10.0.